The third-order valence-corrected chi connectivity index (χ3v) is 4.81. The van der Waals surface area contributed by atoms with Gasteiger partial charge in [0, 0.05) is 45.1 Å². The van der Waals surface area contributed by atoms with Gasteiger partial charge in [0.15, 0.2) is 0 Å². The standard InChI is InChI=1S/C17H19N5O/c23-17(14-3-5-19-20-7-14)22-11-15-9-21(10-16(15)12-22)8-13-2-1-4-18-6-13/h1-7,15-16H,8-12H2/t15-,16+. The lowest BCUT2D eigenvalue weighted by molar-refractivity contribution is 0.0772. The highest BCUT2D eigenvalue weighted by Gasteiger charge is 2.41. The summed E-state index contributed by atoms with van der Waals surface area (Å²) in [6, 6.07) is 5.83. The Balaban J connectivity index is 1.36. The van der Waals surface area contributed by atoms with E-state index in [1.807, 2.05) is 17.2 Å². The molecule has 2 aliphatic rings. The largest absolute Gasteiger partial charge is 0.338 e. The summed E-state index contributed by atoms with van der Waals surface area (Å²) in [5.41, 5.74) is 1.88. The summed E-state index contributed by atoms with van der Waals surface area (Å²) in [4.78, 5) is 21.1. The molecule has 0 radical (unpaired) electrons. The predicted octanol–water partition coefficient (Wildman–Crippen LogP) is 1.08. The first-order chi connectivity index (χ1) is 11.3. The van der Waals surface area contributed by atoms with Gasteiger partial charge in [0.25, 0.3) is 5.91 Å². The summed E-state index contributed by atoms with van der Waals surface area (Å²) in [5, 5.41) is 7.53. The van der Waals surface area contributed by atoms with Crippen LogP contribution in [0.15, 0.2) is 43.0 Å². The highest BCUT2D eigenvalue weighted by molar-refractivity contribution is 5.94. The lowest BCUT2D eigenvalue weighted by Gasteiger charge is -2.21. The van der Waals surface area contributed by atoms with Crippen LogP contribution in [0.25, 0.3) is 0 Å². The molecule has 2 aromatic heterocycles. The number of amides is 1. The zero-order valence-electron chi connectivity index (χ0n) is 12.9. The van der Waals surface area contributed by atoms with Crippen LogP contribution in [0, 0.1) is 11.8 Å². The van der Waals surface area contributed by atoms with Crippen molar-refractivity contribution < 1.29 is 4.79 Å². The Kier molecular flexibility index (Phi) is 3.75. The van der Waals surface area contributed by atoms with Gasteiger partial charge in [-0.05, 0) is 29.5 Å². The van der Waals surface area contributed by atoms with Crippen LogP contribution in [-0.2, 0) is 6.54 Å². The molecule has 23 heavy (non-hydrogen) atoms. The fraction of sp³-hybridized carbons (Fsp3) is 0.412. The minimum absolute atomic E-state index is 0.0770. The Morgan fingerprint density at radius 3 is 2.52 bits per heavy atom. The van der Waals surface area contributed by atoms with Crippen molar-refractivity contribution in [3.8, 4) is 0 Å². The van der Waals surface area contributed by atoms with Crippen LogP contribution in [0.3, 0.4) is 0 Å². The van der Waals surface area contributed by atoms with Crippen LogP contribution in [0.4, 0.5) is 0 Å². The monoisotopic (exact) mass is 309 g/mol. The second-order valence-corrected chi connectivity index (χ2v) is 6.42. The maximum atomic E-state index is 12.5. The number of nitrogens with zero attached hydrogens (tertiary/aromatic N) is 5. The van der Waals surface area contributed by atoms with Gasteiger partial charge >= 0.3 is 0 Å². The molecule has 6 nitrogen and oxygen atoms in total. The van der Waals surface area contributed by atoms with Gasteiger partial charge in [-0.2, -0.15) is 10.2 Å². The minimum Gasteiger partial charge on any atom is -0.338 e. The molecule has 2 aromatic rings. The Labute approximate surface area is 135 Å². The molecule has 118 valence electrons. The summed E-state index contributed by atoms with van der Waals surface area (Å²) in [5.74, 6) is 1.23. The first-order valence-corrected chi connectivity index (χ1v) is 7.97. The van der Waals surface area contributed by atoms with Crippen molar-refractivity contribution in [2.45, 2.75) is 6.54 Å². The lowest BCUT2D eigenvalue weighted by atomic mass is 10.0. The fourth-order valence-corrected chi connectivity index (χ4v) is 3.73. The van der Waals surface area contributed by atoms with Gasteiger partial charge in [0.2, 0.25) is 0 Å². The van der Waals surface area contributed by atoms with E-state index in [1.165, 1.54) is 5.56 Å². The Morgan fingerprint density at radius 1 is 1.04 bits per heavy atom. The summed E-state index contributed by atoms with van der Waals surface area (Å²) >= 11 is 0. The molecule has 2 saturated heterocycles. The quantitative estimate of drug-likeness (QED) is 0.849. The zero-order valence-corrected chi connectivity index (χ0v) is 12.9. The zero-order chi connectivity index (χ0) is 15.6. The number of carbonyl (C=O) groups excluding carboxylic acids is 1. The molecule has 6 heteroatoms. The summed E-state index contributed by atoms with van der Waals surface area (Å²) < 4.78 is 0. The molecule has 0 unspecified atom stereocenters. The van der Waals surface area contributed by atoms with E-state index in [2.05, 4.69) is 26.1 Å². The Bertz CT molecular complexity index is 664. The first kappa shape index (κ1) is 14.3. The van der Waals surface area contributed by atoms with Gasteiger partial charge in [0.1, 0.15) is 0 Å². The van der Waals surface area contributed by atoms with E-state index < -0.39 is 0 Å². The number of likely N-dealkylation sites (tertiary alicyclic amines) is 2. The van der Waals surface area contributed by atoms with E-state index in [9.17, 15) is 4.79 Å². The van der Waals surface area contributed by atoms with Crippen molar-refractivity contribution in [3.05, 3.63) is 54.1 Å². The van der Waals surface area contributed by atoms with Gasteiger partial charge in [0.05, 0.1) is 18.0 Å². The summed E-state index contributed by atoms with van der Waals surface area (Å²) in [7, 11) is 0. The molecular formula is C17H19N5O. The number of rotatable bonds is 3. The normalized spacial score (nSPS) is 23.9. The van der Waals surface area contributed by atoms with Crippen molar-refractivity contribution >= 4 is 5.91 Å². The van der Waals surface area contributed by atoms with Crippen LogP contribution in [0.5, 0.6) is 0 Å². The highest BCUT2D eigenvalue weighted by Crippen LogP contribution is 2.32. The van der Waals surface area contributed by atoms with Gasteiger partial charge < -0.3 is 4.90 Å². The van der Waals surface area contributed by atoms with Crippen molar-refractivity contribution in [1.82, 2.24) is 25.0 Å². The predicted molar refractivity (Wildman–Crippen MR) is 84.4 cm³/mol. The van der Waals surface area contributed by atoms with Crippen LogP contribution < -0.4 is 0 Å². The van der Waals surface area contributed by atoms with Crippen LogP contribution in [0.2, 0.25) is 0 Å². The minimum atomic E-state index is 0.0770. The molecule has 0 aromatic carbocycles. The highest BCUT2D eigenvalue weighted by atomic mass is 16.2. The molecule has 2 atom stereocenters. The smallest absolute Gasteiger partial charge is 0.255 e. The third kappa shape index (κ3) is 2.94. The van der Waals surface area contributed by atoms with Crippen molar-refractivity contribution in [2.24, 2.45) is 11.8 Å². The summed E-state index contributed by atoms with van der Waals surface area (Å²) in [6.45, 7) is 4.74. The Morgan fingerprint density at radius 2 is 1.87 bits per heavy atom. The molecular weight excluding hydrogens is 290 g/mol. The average Bonchev–Trinajstić information content (AvgIpc) is 3.14. The van der Waals surface area contributed by atoms with Crippen LogP contribution >= 0.6 is 0 Å². The molecule has 0 aliphatic carbocycles. The van der Waals surface area contributed by atoms with Gasteiger partial charge in [-0.15, -0.1) is 0 Å². The average molecular weight is 309 g/mol. The molecule has 4 rings (SSSR count). The maximum Gasteiger partial charge on any atom is 0.255 e. The number of fused-ring (bicyclic) bond motifs is 1. The first-order valence-electron chi connectivity index (χ1n) is 7.97. The Hall–Kier alpha value is -2.34. The van der Waals surface area contributed by atoms with E-state index in [0.717, 1.165) is 32.7 Å². The molecule has 1 amide bonds. The van der Waals surface area contributed by atoms with Gasteiger partial charge in [-0.1, -0.05) is 6.07 Å². The van der Waals surface area contributed by atoms with Gasteiger partial charge in [-0.25, -0.2) is 0 Å². The molecule has 4 heterocycles. The number of pyridine rings is 1. The molecule has 0 saturated carbocycles. The molecule has 0 N–H and O–H groups in total. The molecule has 0 bridgehead atoms. The number of aromatic nitrogens is 3. The van der Waals surface area contributed by atoms with Crippen molar-refractivity contribution in [3.63, 3.8) is 0 Å². The SMILES string of the molecule is O=C(c1ccnnc1)N1C[C@H]2CN(Cc3cccnc3)C[C@H]2C1. The maximum absolute atomic E-state index is 12.5. The second kappa shape index (κ2) is 6.04. The van der Waals surface area contributed by atoms with E-state index in [4.69, 9.17) is 0 Å². The summed E-state index contributed by atoms with van der Waals surface area (Å²) in [6.07, 6.45) is 6.85. The van der Waals surface area contributed by atoms with E-state index in [1.54, 1.807) is 24.7 Å². The number of hydrogen-bond donors (Lipinski definition) is 0. The third-order valence-electron chi connectivity index (χ3n) is 4.81. The molecule has 0 spiro atoms. The molecule has 2 fully saturated rings. The van der Waals surface area contributed by atoms with Crippen LogP contribution in [0.1, 0.15) is 15.9 Å². The fourth-order valence-electron chi connectivity index (χ4n) is 3.73. The van der Waals surface area contributed by atoms with Gasteiger partial charge in [-0.3, -0.25) is 14.7 Å². The van der Waals surface area contributed by atoms with E-state index in [-0.39, 0.29) is 5.91 Å². The van der Waals surface area contributed by atoms with Crippen molar-refractivity contribution in [1.29, 1.82) is 0 Å². The van der Waals surface area contributed by atoms with Crippen molar-refractivity contribution in [2.75, 3.05) is 26.2 Å². The number of hydrogen-bond acceptors (Lipinski definition) is 5. The lowest BCUT2D eigenvalue weighted by Crippen LogP contribution is -2.33. The second-order valence-electron chi connectivity index (χ2n) is 6.42. The van der Waals surface area contributed by atoms with Crippen LogP contribution in [-0.4, -0.2) is 57.1 Å². The van der Waals surface area contributed by atoms with E-state index in [0.29, 0.717) is 17.4 Å². The topological polar surface area (TPSA) is 62.2 Å². The molecule has 2 aliphatic heterocycles. The number of carbonyl (C=O) groups is 1. The van der Waals surface area contributed by atoms with E-state index >= 15 is 0 Å².